The molecule has 1 heterocycles. The van der Waals surface area contributed by atoms with Crippen molar-refractivity contribution in [1.82, 2.24) is 15.1 Å². The molecule has 6 heteroatoms. The van der Waals surface area contributed by atoms with E-state index >= 15 is 0 Å². The maximum atomic E-state index is 14.0. The van der Waals surface area contributed by atoms with Crippen molar-refractivity contribution in [2.24, 2.45) is 0 Å². The Hall–Kier alpha value is -1.46. The third kappa shape index (κ3) is 3.60. The fourth-order valence-electron chi connectivity index (χ4n) is 2.16. The molecule has 1 aromatic heterocycles. The fourth-order valence-corrected chi connectivity index (χ4v) is 2.31. The standard InChI is InChI=1S/C15H18ClF2N3/c1-9(2)21-5-4-10(20-21)6-15(19-3)11-7-14(18)12(16)8-13(11)17/h4-5,7-9,15,19H,6H2,1-3H3. The van der Waals surface area contributed by atoms with Crippen molar-refractivity contribution >= 4 is 11.6 Å². The van der Waals surface area contributed by atoms with Crippen molar-refractivity contribution in [3.8, 4) is 0 Å². The number of benzene rings is 1. The van der Waals surface area contributed by atoms with Crippen LogP contribution in [0, 0.1) is 11.6 Å². The lowest BCUT2D eigenvalue weighted by Gasteiger charge is -2.17. The Kier molecular flexibility index (Phi) is 4.96. The molecule has 0 fully saturated rings. The number of nitrogens with zero attached hydrogens (tertiary/aromatic N) is 2. The number of rotatable bonds is 5. The average molecular weight is 314 g/mol. The first kappa shape index (κ1) is 15.9. The van der Waals surface area contributed by atoms with Gasteiger partial charge in [-0.15, -0.1) is 0 Å². The predicted molar refractivity (Wildman–Crippen MR) is 79.5 cm³/mol. The minimum absolute atomic E-state index is 0.213. The van der Waals surface area contributed by atoms with Crippen molar-refractivity contribution < 1.29 is 8.78 Å². The molecule has 1 aromatic carbocycles. The number of hydrogen-bond acceptors (Lipinski definition) is 2. The lowest BCUT2D eigenvalue weighted by Crippen LogP contribution is -2.21. The number of aromatic nitrogens is 2. The average Bonchev–Trinajstić information content (AvgIpc) is 2.89. The van der Waals surface area contributed by atoms with E-state index in [1.54, 1.807) is 7.05 Å². The fraction of sp³-hybridized carbons (Fsp3) is 0.400. The highest BCUT2D eigenvalue weighted by molar-refractivity contribution is 6.30. The van der Waals surface area contributed by atoms with Gasteiger partial charge in [-0.2, -0.15) is 5.10 Å². The summed E-state index contributed by atoms with van der Waals surface area (Å²) in [6, 6.07) is 3.92. The molecule has 3 nitrogen and oxygen atoms in total. The van der Waals surface area contributed by atoms with Crippen LogP contribution in [-0.2, 0) is 6.42 Å². The first-order chi connectivity index (χ1) is 9.92. The number of halogens is 3. The van der Waals surface area contributed by atoms with Crippen LogP contribution < -0.4 is 5.32 Å². The first-order valence-electron chi connectivity index (χ1n) is 6.78. The van der Waals surface area contributed by atoms with Gasteiger partial charge in [-0.05, 0) is 39.1 Å². The van der Waals surface area contributed by atoms with Gasteiger partial charge in [0, 0.05) is 30.3 Å². The lowest BCUT2D eigenvalue weighted by molar-refractivity contribution is 0.500. The maximum Gasteiger partial charge on any atom is 0.142 e. The molecule has 0 aliphatic carbocycles. The summed E-state index contributed by atoms with van der Waals surface area (Å²) >= 11 is 5.58. The molecule has 0 spiro atoms. The van der Waals surface area contributed by atoms with Crippen LogP contribution in [0.2, 0.25) is 5.02 Å². The van der Waals surface area contributed by atoms with E-state index in [4.69, 9.17) is 11.6 Å². The lowest BCUT2D eigenvalue weighted by atomic mass is 10.0. The van der Waals surface area contributed by atoms with Gasteiger partial charge in [-0.25, -0.2) is 8.78 Å². The minimum Gasteiger partial charge on any atom is -0.313 e. The van der Waals surface area contributed by atoms with Gasteiger partial charge < -0.3 is 5.32 Å². The smallest absolute Gasteiger partial charge is 0.142 e. The van der Waals surface area contributed by atoms with Crippen molar-refractivity contribution in [2.75, 3.05) is 7.05 Å². The monoisotopic (exact) mass is 313 g/mol. The third-order valence-corrected chi connectivity index (χ3v) is 3.66. The zero-order valence-corrected chi connectivity index (χ0v) is 13.0. The minimum atomic E-state index is -0.624. The van der Waals surface area contributed by atoms with E-state index in [9.17, 15) is 8.78 Å². The number of hydrogen-bond donors (Lipinski definition) is 1. The van der Waals surface area contributed by atoms with Crippen LogP contribution in [-0.4, -0.2) is 16.8 Å². The predicted octanol–water partition coefficient (Wildman–Crippen LogP) is 3.90. The number of likely N-dealkylation sites (N-methyl/N-ethyl adjacent to an activating group) is 1. The molecule has 1 unspecified atom stereocenters. The zero-order valence-electron chi connectivity index (χ0n) is 12.2. The summed E-state index contributed by atoms with van der Waals surface area (Å²) in [6.45, 7) is 4.06. The Morgan fingerprint density at radius 1 is 1.29 bits per heavy atom. The summed E-state index contributed by atoms with van der Waals surface area (Å²) in [7, 11) is 1.70. The van der Waals surface area contributed by atoms with E-state index < -0.39 is 11.6 Å². The van der Waals surface area contributed by atoms with E-state index in [1.165, 1.54) is 0 Å². The molecule has 2 rings (SSSR count). The van der Waals surface area contributed by atoms with Crippen LogP contribution in [0.1, 0.15) is 37.2 Å². The van der Waals surface area contributed by atoms with Crippen molar-refractivity contribution in [1.29, 1.82) is 0 Å². The molecule has 0 amide bonds. The Balaban J connectivity index is 2.25. The molecule has 0 saturated heterocycles. The van der Waals surface area contributed by atoms with E-state index in [2.05, 4.69) is 10.4 Å². The largest absolute Gasteiger partial charge is 0.313 e. The summed E-state index contributed by atoms with van der Waals surface area (Å²) in [4.78, 5) is 0. The van der Waals surface area contributed by atoms with Gasteiger partial charge in [0.05, 0.1) is 10.7 Å². The summed E-state index contributed by atoms with van der Waals surface area (Å²) in [5.74, 6) is -1.15. The summed E-state index contributed by atoms with van der Waals surface area (Å²) in [5.41, 5.74) is 1.07. The van der Waals surface area contributed by atoms with Gasteiger partial charge in [0.1, 0.15) is 11.6 Å². The quantitative estimate of drug-likeness (QED) is 0.848. The van der Waals surface area contributed by atoms with Crippen molar-refractivity contribution in [3.63, 3.8) is 0 Å². The van der Waals surface area contributed by atoms with Crippen LogP contribution in [0.3, 0.4) is 0 Å². The van der Waals surface area contributed by atoms with Gasteiger partial charge in [0.15, 0.2) is 0 Å². The molecule has 21 heavy (non-hydrogen) atoms. The van der Waals surface area contributed by atoms with Crippen molar-refractivity contribution in [2.45, 2.75) is 32.4 Å². The number of nitrogens with one attached hydrogen (secondary N) is 1. The zero-order chi connectivity index (χ0) is 15.6. The highest BCUT2D eigenvalue weighted by Gasteiger charge is 2.18. The van der Waals surface area contributed by atoms with Gasteiger partial charge in [0.2, 0.25) is 0 Å². The molecular weight excluding hydrogens is 296 g/mol. The second-order valence-electron chi connectivity index (χ2n) is 5.21. The van der Waals surface area contributed by atoms with E-state index in [0.29, 0.717) is 6.42 Å². The molecule has 114 valence electrons. The van der Waals surface area contributed by atoms with E-state index in [0.717, 1.165) is 17.8 Å². The molecule has 1 N–H and O–H groups in total. The van der Waals surface area contributed by atoms with Crippen LogP contribution in [0.15, 0.2) is 24.4 Å². The Morgan fingerprint density at radius 3 is 2.57 bits per heavy atom. The summed E-state index contributed by atoms with van der Waals surface area (Å²) in [6.07, 6.45) is 2.35. The Bertz CT molecular complexity index is 625. The van der Waals surface area contributed by atoms with Crippen LogP contribution in [0.4, 0.5) is 8.78 Å². The molecule has 0 aliphatic rings. The third-order valence-electron chi connectivity index (χ3n) is 3.37. The van der Waals surface area contributed by atoms with E-state index in [1.807, 2.05) is 30.8 Å². The van der Waals surface area contributed by atoms with Gasteiger partial charge in [-0.3, -0.25) is 4.68 Å². The highest BCUT2D eigenvalue weighted by Crippen LogP contribution is 2.26. The maximum absolute atomic E-state index is 14.0. The first-order valence-corrected chi connectivity index (χ1v) is 7.16. The SMILES string of the molecule is CNC(Cc1ccn(C(C)C)n1)c1cc(F)c(Cl)cc1F. The van der Waals surface area contributed by atoms with Crippen LogP contribution in [0.5, 0.6) is 0 Å². The normalized spacial score (nSPS) is 12.9. The Morgan fingerprint density at radius 2 is 2.00 bits per heavy atom. The second kappa shape index (κ2) is 6.54. The highest BCUT2D eigenvalue weighted by atomic mass is 35.5. The van der Waals surface area contributed by atoms with Crippen LogP contribution >= 0.6 is 11.6 Å². The summed E-state index contributed by atoms with van der Waals surface area (Å²) < 4.78 is 29.4. The molecule has 0 aliphatic heterocycles. The molecule has 0 saturated carbocycles. The van der Waals surface area contributed by atoms with Gasteiger partial charge in [-0.1, -0.05) is 11.6 Å². The topological polar surface area (TPSA) is 29.9 Å². The van der Waals surface area contributed by atoms with E-state index in [-0.39, 0.29) is 22.7 Å². The molecule has 0 bridgehead atoms. The molecule has 0 radical (unpaired) electrons. The van der Waals surface area contributed by atoms with Gasteiger partial charge in [0.25, 0.3) is 0 Å². The molecule has 1 atom stereocenters. The molecule has 2 aromatic rings. The second-order valence-corrected chi connectivity index (χ2v) is 5.62. The Labute approximate surface area is 127 Å². The summed E-state index contributed by atoms with van der Waals surface area (Å²) in [5, 5.41) is 7.21. The van der Waals surface area contributed by atoms with Gasteiger partial charge >= 0.3 is 0 Å². The van der Waals surface area contributed by atoms with Crippen molar-refractivity contribution in [3.05, 3.63) is 52.3 Å². The van der Waals surface area contributed by atoms with Crippen LogP contribution in [0.25, 0.3) is 0 Å². The molecular formula is C15H18ClF2N3.